The highest BCUT2D eigenvalue weighted by Crippen LogP contribution is 2.23. The van der Waals surface area contributed by atoms with Crippen LogP contribution in [-0.2, 0) is 12.8 Å². The maximum atomic E-state index is 11.4. The molecule has 17 heavy (non-hydrogen) atoms. The molecular formula is C12H19N3O2. The van der Waals surface area contributed by atoms with Crippen molar-refractivity contribution >= 4 is 11.8 Å². The summed E-state index contributed by atoms with van der Waals surface area (Å²) in [7, 11) is 1.82. The molecule has 0 saturated carbocycles. The zero-order chi connectivity index (χ0) is 13.0. The van der Waals surface area contributed by atoms with E-state index in [0.717, 1.165) is 11.3 Å². The smallest absolute Gasteiger partial charge is 0.339 e. The monoisotopic (exact) mass is 237 g/mol. The van der Waals surface area contributed by atoms with E-state index < -0.39 is 5.97 Å². The molecular weight excluding hydrogens is 218 g/mol. The minimum absolute atomic E-state index is 0.295. The average Bonchev–Trinajstić information content (AvgIpc) is 2.35. The van der Waals surface area contributed by atoms with E-state index >= 15 is 0 Å². The Balaban J connectivity index is 3.47. The van der Waals surface area contributed by atoms with E-state index in [1.807, 2.05) is 27.8 Å². The first-order valence-electron chi connectivity index (χ1n) is 5.89. The summed E-state index contributed by atoms with van der Waals surface area (Å²) in [5.41, 5.74) is 1.87. The Bertz CT molecular complexity index is 418. The first-order valence-corrected chi connectivity index (χ1v) is 5.89. The Morgan fingerprint density at radius 1 is 1.24 bits per heavy atom. The summed E-state index contributed by atoms with van der Waals surface area (Å²) in [4.78, 5) is 13.2. The predicted molar refractivity (Wildman–Crippen MR) is 66.7 cm³/mol. The van der Waals surface area contributed by atoms with Gasteiger partial charge >= 0.3 is 5.97 Å². The number of aryl methyl sites for hydroxylation is 1. The van der Waals surface area contributed by atoms with Crippen LogP contribution in [0.1, 0.15) is 42.4 Å². The maximum Gasteiger partial charge on any atom is 0.339 e. The lowest BCUT2D eigenvalue weighted by Gasteiger charge is -2.19. The maximum absolute atomic E-state index is 11.4. The first-order chi connectivity index (χ1) is 8.06. The number of anilines is 1. The molecule has 94 valence electrons. The quantitative estimate of drug-likeness (QED) is 0.845. The number of aromatic carboxylic acids is 1. The van der Waals surface area contributed by atoms with Crippen molar-refractivity contribution in [3.05, 3.63) is 16.8 Å². The molecule has 5 heteroatoms. The largest absolute Gasteiger partial charge is 0.478 e. The third-order valence-electron chi connectivity index (χ3n) is 2.88. The fraction of sp³-hybridized carbons (Fsp3) is 0.583. The number of rotatable bonds is 5. The summed E-state index contributed by atoms with van der Waals surface area (Å²) in [6.45, 7) is 6.55. The van der Waals surface area contributed by atoms with Gasteiger partial charge < -0.3 is 10.0 Å². The molecule has 1 N–H and O–H groups in total. The Morgan fingerprint density at radius 2 is 1.88 bits per heavy atom. The molecule has 1 heterocycles. The topological polar surface area (TPSA) is 66.3 Å². The van der Waals surface area contributed by atoms with Gasteiger partial charge in [0.05, 0.1) is 5.69 Å². The number of carbonyl (C=O) groups is 1. The third-order valence-corrected chi connectivity index (χ3v) is 2.88. The van der Waals surface area contributed by atoms with E-state index in [1.54, 1.807) is 4.90 Å². The van der Waals surface area contributed by atoms with Crippen molar-refractivity contribution in [3.63, 3.8) is 0 Å². The van der Waals surface area contributed by atoms with Gasteiger partial charge in [0.1, 0.15) is 5.56 Å². The number of hydrogen-bond acceptors (Lipinski definition) is 4. The van der Waals surface area contributed by atoms with Crippen molar-refractivity contribution in [3.8, 4) is 0 Å². The predicted octanol–water partition coefficient (Wildman–Crippen LogP) is 1.76. The number of aromatic nitrogens is 2. The zero-order valence-electron chi connectivity index (χ0n) is 10.8. The van der Waals surface area contributed by atoms with Crippen molar-refractivity contribution < 1.29 is 9.90 Å². The van der Waals surface area contributed by atoms with Gasteiger partial charge in [0.2, 0.25) is 0 Å². The molecule has 0 aliphatic carbocycles. The van der Waals surface area contributed by atoms with E-state index in [9.17, 15) is 9.90 Å². The highest BCUT2D eigenvalue weighted by atomic mass is 16.4. The fourth-order valence-corrected chi connectivity index (χ4v) is 1.80. The summed E-state index contributed by atoms with van der Waals surface area (Å²) in [6, 6.07) is 0. The second-order valence-corrected chi connectivity index (χ2v) is 3.85. The molecule has 0 saturated heterocycles. The van der Waals surface area contributed by atoms with E-state index in [0.29, 0.717) is 30.8 Å². The van der Waals surface area contributed by atoms with Crippen LogP contribution >= 0.6 is 0 Å². The zero-order valence-corrected chi connectivity index (χ0v) is 10.8. The second kappa shape index (κ2) is 5.61. The van der Waals surface area contributed by atoms with Gasteiger partial charge in [0.25, 0.3) is 0 Å². The highest BCUT2D eigenvalue weighted by Gasteiger charge is 2.21. The Hall–Kier alpha value is -1.65. The molecule has 0 aliphatic heterocycles. The molecule has 0 atom stereocenters. The third kappa shape index (κ3) is 2.54. The van der Waals surface area contributed by atoms with Gasteiger partial charge in [0, 0.05) is 13.6 Å². The lowest BCUT2D eigenvalue weighted by Crippen LogP contribution is -2.23. The van der Waals surface area contributed by atoms with Crippen molar-refractivity contribution in [2.24, 2.45) is 0 Å². The van der Waals surface area contributed by atoms with Crippen LogP contribution in [0.4, 0.5) is 5.82 Å². The summed E-state index contributed by atoms with van der Waals surface area (Å²) in [5.74, 6) is -0.476. The lowest BCUT2D eigenvalue weighted by molar-refractivity contribution is 0.0695. The summed E-state index contributed by atoms with van der Waals surface area (Å²) in [5, 5.41) is 17.5. The van der Waals surface area contributed by atoms with E-state index in [4.69, 9.17) is 0 Å². The van der Waals surface area contributed by atoms with Crippen LogP contribution in [-0.4, -0.2) is 34.9 Å². The van der Waals surface area contributed by atoms with Gasteiger partial charge in [-0.05, 0) is 25.3 Å². The van der Waals surface area contributed by atoms with Crippen molar-refractivity contribution in [1.82, 2.24) is 10.2 Å². The number of hydrogen-bond donors (Lipinski definition) is 1. The molecule has 0 radical (unpaired) electrons. The van der Waals surface area contributed by atoms with Crippen LogP contribution in [0.15, 0.2) is 0 Å². The van der Waals surface area contributed by atoms with Gasteiger partial charge in [-0.3, -0.25) is 0 Å². The van der Waals surface area contributed by atoms with Crippen LogP contribution in [0.3, 0.4) is 0 Å². The molecule has 1 rings (SSSR count). The molecule has 0 fully saturated rings. The Kier molecular flexibility index (Phi) is 4.43. The molecule has 0 bridgehead atoms. The van der Waals surface area contributed by atoms with Crippen LogP contribution in [0, 0.1) is 0 Å². The molecule has 5 nitrogen and oxygen atoms in total. The van der Waals surface area contributed by atoms with Crippen LogP contribution in [0.25, 0.3) is 0 Å². The van der Waals surface area contributed by atoms with Gasteiger partial charge in [-0.2, -0.15) is 5.10 Å². The molecule has 1 aromatic rings. The van der Waals surface area contributed by atoms with Gasteiger partial charge in [-0.15, -0.1) is 5.10 Å². The fourth-order valence-electron chi connectivity index (χ4n) is 1.80. The molecule has 0 unspecified atom stereocenters. The molecule has 1 aromatic heterocycles. The van der Waals surface area contributed by atoms with E-state index in [-0.39, 0.29) is 0 Å². The van der Waals surface area contributed by atoms with Gasteiger partial charge in [-0.25, -0.2) is 4.79 Å². The van der Waals surface area contributed by atoms with Gasteiger partial charge in [-0.1, -0.05) is 13.8 Å². The lowest BCUT2D eigenvalue weighted by atomic mass is 10.0. The van der Waals surface area contributed by atoms with E-state index in [1.165, 1.54) is 0 Å². The highest BCUT2D eigenvalue weighted by molar-refractivity contribution is 5.95. The van der Waals surface area contributed by atoms with Gasteiger partial charge in [0.15, 0.2) is 5.82 Å². The SMILES string of the molecule is CCc1nnc(N(C)CC)c(C(=O)O)c1CC. The van der Waals surface area contributed by atoms with Crippen molar-refractivity contribution in [1.29, 1.82) is 0 Å². The molecule has 0 amide bonds. The number of carboxylic acids is 1. The standard InChI is InChI=1S/C12H19N3O2/c1-5-8-9(6-2)13-14-11(15(4)7-3)10(8)12(16)17/h5-7H2,1-4H3,(H,16,17). The first kappa shape index (κ1) is 13.4. The average molecular weight is 237 g/mol. The van der Waals surface area contributed by atoms with Crippen molar-refractivity contribution in [2.45, 2.75) is 33.6 Å². The number of nitrogens with zero attached hydrogens (tertiary/aromatic N) is 3. The Labute approximate surface area is 101 Å². The Morgan fingerprint density at radius 3 is 2.29 bits per heavy atom. The molecule has 0 aliphatic rings. The summed E-state index contributed by atoms with van der Waals surface area (Å²) < 4.78 is 0. The van der Waals surface area contributed by atoms with Crippen LogP contribution in [0.2, 0.25) is 0 Å². The number of carboxylic acid groups (broad SMARTS) is 1. The minimum atomic E-state index is -0.929. The second-order valence-electron chi connectivity index (χ2n) is 3.85. The van der Waals surface area contributed by atoms with Crippen LogP contribution in [0.5, 0.6) is 0 Å². The van der Waals surface area contributed by atoms with E-state index in [2.05, 4.69) is 10.2 Å². The summed E-state index contributed by atoms with van der Waals surface area (Å²) >= 11 is 0. The van der Waals surface area contributed by atoms with Crippen LogP contribution < -0.4 is 4.90 Å². The minimum Gasteiger partial charge on any atom is -0.478 e. The van der Waals surface area contributed by atoms with Crippen molar-refractivity contribution in [2.75, 3.05) is 18.5 Å². The summed E-state index contributed by atoms with van der Waals surface area (Å²) in [6.07, 6.45) is 1.36. The normalized spacial score (nSPS) is 10.4. The molecule has 0 spiro atoms. The molecule has 0 aromatic carbocycles.